The van der Waals surface area contributed by atoms with E-state index in [1.807, 2.05) is 69.4 Å². The predicted molar refractivity (Wildman–Crippen MR) is 120 cm³/mol. The highest BCUT2D eigenvalue weighted by atomic mass is 35.5. The molecule has 5 nitrogen and oxygen atoms in total. The normalized spacial score (nSPS) is 18.6. The maximum Gasteiger partial charge on any atom is 0.416 e. The van der Waals surface area contributed by atoms with Gasteiger partial charge in [-0.3, -0.25) is 4.90 Å². The Bertz CT molecular complexity index is 1060. The van der Waals surface area contributed by atoms with E-state index in [0.29, 0.717) is 12.5 Å². The van der Waals surface area contributed by atoms with Gasteiger partial charge in [0.2, 0.25) is 0 Å². The zero-order valence-electron chi connectivity index (χ0n) is 17.7. The Morgan fingerprint density at radius 3 is 2.57 bits per heavy atom. The average molecular weight is 427 g/mol. The number of rotatable bonds is 4. The number of aryl methyl sites for hydroxylation is 1. The largest absolute Gasteiger partial charge is 0.443 e. The second kappa shape index (κ2) is 7.97. The second-order valence-corrected chi connectivity index (χ2v) is 9.00. The Kier molecular flexibility index (Phi) is 5.51. The number of aromatic amines is 1. The fourth-order valence-electron chi connectivity index (χ4n) is 4.07. The van der Waals surface area contributed by atoms with Crippen molar-refractivity contribution < 1.29 is 14.3 Å². The van der Waals surface area contributed by atoms with Crippen molar-refractivity contribution in [1.82, 2.24) is 4.98 Å². The summed E-state index contributed by atoms with van der Waals surface area (Å²) in [7, 11) is 0. The number of ether oxygens (including phenoxy) is 2. The highest BCUT2D eigenvalue weighted by Crippen LogP contribution is 2.47. The van der Waals surface area contributed by atoms with Gasteiger partial charge in [0.15, 0.2) is 0 Å². The van der Waals surface area contributed by atoms with E-state index in [1.165, 1.54) is 0 Å². The van der Waals surface area contributed by atoms with E-state index in [-0.39, 0.29) is 5.92 Å². The highest BCUT2D eigenvalue weighted by Gasteiger charge is 2.45. The molecule has 158 valence electrons. The number of hydrogen-bond donors (Lipinski definition) is 1. The fourth-order valence-corrected chi connectivity index (χ4v) is 4.38. The molecular formula is C24H27ClN2O3. The molecule has 30 heavy (non-hydrogen) atoms. The lowest BCUT2D eigenvalue weighted by atomic mass is 9.96. The van der Waals surface area contributed by atoms with Crippen LogP contribution in [0.3, 0.4) is 0 Å². The monoisotopic (exact) mass is 426 g/mol. The van der Waals surface area contributed by atoms with E-state index in [0.717, 1.165) is 33.3 Å². The van der Waals surface area contributed by atoms with Gasteiger partial charge in [-0.05, 0) is 56.5 Å². The van der Waals surface area contributed by atoms with Crippen LogP contribution < -0.4 is 4.90 Å². The third kappa shape index (κ3) is 3.80. The van der Waals surface area contributed by atoms with Crippen LogP contribution in [-0.2, 0) is 16.1 Å². The molecule has 0 saturated heterocycles. The molecule has 0 radical (unpaired) electrons. The molecule has 1 aliphatic rings. The first kappa shape index (κ1) is 20.8. The minimum Gasteiger partial charge on any atom is -0.443 e. The molecule has 2 atom stereocenters. The zero-order valence-corrected chi connectivity index (χ0v) is 18.5. The maximum absolute atomic E-state index is 13.2. The molecule has 1 aliphatic heterocycles. The number of anilines is 1. The quantitative estimate of drug-likeness (QED) is 0.513. The topological polar surface area (TPSA) is 54.6 Å². The minimum atomic E-state index is -0.617. The van der Waals surface area contributed by atoms with Gasteiger partial charge in [-0.2, -0.15) is 0 Å². The molecule has 6 heteroatoms. The lowest BCUT2D eigenvalue weighted by Gasteiger charge is -2.30. The van der Waals surface area contributed by atoms with Gasteiger partial charge in [-0.25, -0.2) is 4.79 Å². The van der Waals surface area contributed by atoms with Crippen LogP contribution in [0.15, 0.2) is 48.7 Å². The summed E-state index contributed by atoms with van der Waals surface area (Å²) in [5.41, 5.74) is 4.38. The van der Waals surface area contributed by atoms with Crippen LogP contribution in [0, 0.1) is 6.92 Å². The summed E-state index contributed by atoms with van der Waals surface area (Å²) in [5.74, 6) is 0.159. The standard InChI is InChI=1S/C24H27ClN2O3/c1-15-13-26-18-10-11-19-21(20(15)18)17(12-25)22(27(19)23(28)30-24(2,3)4)29-14-16-8-6-5-7-9-16/h5-11,13,17,22,26H,12,14H2,1-4H3. The van der Waals surface area contributed by atoms with Crippen molar-refractivity contribution in [3.05, 3.63) is 65.4 Å². The molecule has 3 aromatic rings. The lowest BCUT2D eigenvalue weighted by Crippen LogP contribution is -2.44. The van der Waals surface area contributed by atoms with Gasteiger partial charge in [0.05, 0.1) is 12.3 Å². The molecule has 0 saturated carbocycles. The Labute approximate surface area is 181 Å². The van der Waals surface area contributed by atoms with Crippen LogP contribution in [0.2, 0.25) is 0 Å². The number of carbonyl (C=O) groups excluding carboxylic acids is 1. The van der Waals surface area contributed by atoms with Crippen LogP contribution in [0.5, 0.6) is 0 Å². The summed E-state index contributed by atoms with van der Waals surface area (Å²) >= 11 is 6.47. The van der Waals surface area contributed by atoms with Crippen molar-refractivity contribution in [2.75, 3.05) is 10.8 Å². The van der Waals surface area contributed by atoms with Crippen molar-refractivity contribution in [3.63, 3.8) is 0 Å². The van der Waals surface area contributed by atoms with Gasteiger partial charge in [0.25, 0.3) is 0 Å². The number of aromatic nitrogens is 1. The van der Waals surface area contributed by atoms with E-state index >= 15 is 0 Å². The molecule has 2 unspecified atom stereocenters. The van der Waals surface area contributed by atoms with Gasteiger partial charge in [0.1, 0.15) is 11.8 Å². The number of amides is 1. The highest BCUT2D eigenvalue weighted by molar-refractivity contribution is 6.19. The smallest absolute Gasteiger partial charge is 0.416 e. The fraction of sp³-hybridized carbons (Fsp3) is 0.375. The van der Waals surface area contributed by atoms with Gasteiger partial charge >= 0.3 is 6.09 Å². The van der Waals surface area contributed by atoms with Crippen molar-refractivity contribution in [1.29, 1.82) is 0 Å². The molecule has 1 aromatic heterocycles. The molecule has 4 rings (SSSR count). The summed E-state index contributed by atoms with van der Waals surface area (Å²) < 4.78 is 12.1. The number of benzene rings is 2. The molecule has 2 aromatic carbocycles. The number of hydrogen-bond acceptors (Lipinski definition) is 3. The van der Waals surface area contributed by atoms with Crippen molar-refractivity contribution in [3.8, 4) is 0 Å². The van der Waals surface area contributed by atoms with Crippen molar-refractivity contribution in [2.45, 2.75) is 52.0 Å². The number of fused-ring (bicyclic) bond motifs is 3. The van der Waals surface area contributed by atoms with Gasteiger partial charge in [-0.15, -0.1) is 11.6 Å². The summed E-state index contributed by atoms with van der Waals surface area (Å²) in [5, 5.41) is 1.09. The van der Waals surface area contributed by atoms with Crippen LogP contribution in [-0.4, -0.2) is 28.8 Å². The molecule has 0 bridgehead atoms. The molecule has 2 heterocycles. The van der Waals surface area contributed by atoms with Crippen molar-refractivity contribution >= 4 is 34.3 Å². The third-order valence-corrected chi connectivity index (χ3v) is 5.64. The summed E-state index contributed by atoms with van der Waals surface area (Å²) in [6.45, 7) is 8.02. The molecular weight excluding hydrogens is 400 g/mol. The molecule has 0 aliphatic carbocycles. The average Bonchev–Trinajstić information content (AvgIpc) is 3.23. The summed E-state index contributed by atoms with van der Waals surface area (Å²) in [6.07, 6.45) is 1.00. The number of halogens is 1. The van der Waals surface area contributed by atoms with E-state index in [4.69, 9.17) is 21.1 Å². The van der Waals surface area contributed by atoms with E-state index in [9.17, 15) is 4.79 Å². The van der Waals surface area contributed by atoms with Crippen LogP contribution >= 0.6 is 11.6 Å². The molecule has 0 fully saturated rings. The Morgan fingerprint density at radius 2 is 1.90 bits per heavy atom. The third-order valence-electron chi connectivity index (χ3n) is 5.31. The maximum atomic E-state index is 13.2. The first-order chi connectivity index (χ1) is 14.3. The number of nitrogens with one attached hydrogen (secondary N) is 1. The van der Waals surface area contributed by atoms with Crippen LogP contribution in [0.25, 0.3) is 10.9 Å². The number of H-pyrrole nitrogens is 1. The van der Waals surface area contributed by atoms with Gasteiger partial charge in [-0.1, -0.05) is 30.3 Å². The van der Waals surface area contributed by atoms with E-state index in [1.54, 1.807) is 4.90 Å². The Balaban J connectivity index is 1.78. The molecule has 0 spiro atoms. The lowest BCUT2D eigenvalue weighted by molar-refractivity contribution is 0.0134. The van der Waals surface area contributed by atoms with Crippen LogP contribution in [0.4, 0.5) is 10.5 Å². The first-order valence-corrected chi connectivity index (χ1v) is 10.7. The number of alkyl halides is 1. The summed E-state index contributed by atoms with van der Waals surface area (Å²) in [4.78, 5) is 18.2. The Hall–Kier alpha value is -2.50. The number of nitrogens with zero attached hydrogens (tertiary/aromatic N) is 1. The van der Waals surface area contributed by atoms with Gasteiger partial charge in [0, 0.05) is 28.9 Å². The van der Waals surface area contributed by atoms with E-state index < -0.39 is 17.9 Å². The van der Waals surface area contributed by atoms with Crippen molar-refractivity contribution in [2.24, 2.45) is 0 Å². The number of carbonyl (C=O) groups is 1. The SMILES string of the molecule is Cc1c[nH]c2ccc3c(c12)C(CCl)C(OCc1ccccc1)N3C(=O)OC(C)(C)C. The predicted octanol–water partition coefficient (Wildman–Crippen LogP) is 6.10. The first-order valence-electron chi connectivity index (χ1n) is 10.1. The molecule has 1 amide bonds. The van der Waals surface area contributed by atoms with E-state index in [2.05, 4.69) is 11.9 Å². The minimum absolute atomic E-state index is 0.170. The summed E-state index contributed by atoms with van der Waals surface area (Å²) in [6, 6.07) is 13.9. The zero-order chi connectivity index (χ0) is 21.5. The van der Waals surface area contributed by atoms with Crippen LogP contribution in [0.1, 0.15) is 43.4 Å². The second-order valence-electron chi connectivity index (χ2n) is 8.69. The van der Waals surface area contributed by atoms with Gasteiger partial charge < -0.3 is 14.5 Å². The Morgan fingerprint density at radius 1 is 1.17 bits per heavy atom. The molecule has 1 N–H and O–H groups in total.